The summed E-state index contributed by atoms with van der Waals surface area (Å²) in [5.41, 5.74) is 1.43. The lowest BCUT2D eigenvalue weighted by molar-refractivity contribution is -0.147. The number of carbonyl (C=O) groups excluding carboxylic acids is 2. The van der Waals surface area contributed by atoms with E-state index < -0.39 is 6.04 Å². The van der Waals surface area contributed by atoms with Crippen LogP contribution in [0, 0.1) is 6.92 Å². The smallest absolute Gasteiger partial charge is 0.328 e. The first-order valence-electron chi connectivity index (χ1n) is 6.78. The lowest BCUT2D eigenvalue weighted by Gasteiger charge is -2.23. The molecule has 1 unspecified atom stereocenters. The number of rotatable bonds is 3. The monoisotopic (exact) mass is 295 g/mol. The van der Waals surface area contributed by atoms with Crippen molar-refractivity contribution in [2.45, 2.75) is 32.7 Å². The Kier molecular flexibility index (Phi) is 4.65. The third kappa shape index (κ3) is 2.96. The first kappa shape index (κ1) is 14.9. The van der Waals surface area contributed by atoms with Gasteiger partial charge in [0.1, 0.15) is 6.04 Å². The molecule has 1 aromatic carbocycles. The zero-order valence-corrected chi connectivity index (χ0v) is 12.4. The Morgan fingerprint density at radius 1 is 1.45 bits per heavy atom. The van der Waals surface area contributed by atoms with Gasteiger partial charge in [0.25, 0.3) is 5.91 Å². The van der Waals surface area contributed by atoms with E-state index in [2.05, 4.69) is 0 Å². The van der Waals surface area contributed by atoms with Gasteiger partial charge in [-0.05, 0) is 44.4 Å². The van der Waals surface area contributed by atoms with Crippen LogP contribution in [0.3, 0.4) is 0 Å². The molecule has 1 saturated heterocycles. The topological polar surface area (TPSA) is 46.6 Å². The number of halogens is 1. The van der Waals surface area contributed by atoms with Gasteiger partial charge in [-0.15, -0.1) is 0 Å². The van der Waals surface area contributed by atoms with Gasteiger partial charge in [-0.2, -0.15) is 0 Å². The van der Waals surface area contributed by atoms with Gasteiger partial charge in [-0.3, -0.25) is 4.79 Å². The average molecular weight is 296 g/mol. The maximum atomic E-state index is 12.5. The molecule has 0 radical (unpaired) electrons. The van der Waals surface area contributed by atoms with Crippen molar-refractivity contribution in [3.8, 4) is 0 Å². The van der Waals surface area contributed by atoms with Crippen molar-refractivity contribution in [1.82, 2.24) is 4.90 Å². The zero-order chi connectivity index (χ0) is 14.7. The first-order valence-corrected chi connectivity index (χ1v) is 7.16. The number of ether oxygens (including phenoxy) is 1. The summed E-state index contributed by atoms with van der Waals surface area (Å²) in [6.07, 6.45) is 1.45. The molecule has 1 fully saturated rings. The summed E-state index contributed by atoms with van der Waals surface area (Å²) in [5, 5.41) is 0.421. The van der Waals surface area contributed by atoms with E-state index in [-0.39, 0.29) is 11.9 Å². The van der Waals surface area contributed by atoms with Crippen molar-refractivity contribution >= 4 is 23.5 Å². The van der Waals surface area contributed by atoms with Crippen molar-refractivity contribution in [1.29, 1.82) is 0 Å². The second-order valence-electron chi connectivity index (χ2n) is 4.89. The van der Waals surface area contributed by atoms with E-state index in [0.717, 1.165) is 12.0 Å². The summed E-state index contributed by atoms with van der Waals surface area (Å²) >= 11 is 6.13. The zero-order valence-electron chi connectivity index (χ0n) is 11.7. The molecule has 1 atom stereocenters. The van der Waals surface area contributed by atoms with Crippen LogP contribution in [0.2, 0.25) is 5.02 Å². The molecule has 1 aliphatic heterocycles. The summed E-state index contributed by atoms with van der Waals surface area (Å²) < 4.78 is 5.03. The van der Waals surface area contributed by atoms with Crippen LogP contribution in [-0.4, -0.2) is 36.0 Å². The van der Waals surface area contributed by atoms with E-state index in [1.54, 1.807) is 24.0 Å². The number of esters is 1. The third-order valence-corrected chi connectivity index (χ3v) is 3.74. The summed E-state index contributed by atoms with van der Waals surface area (Å²) in [7, 11) is 0. The first-order chi connectivity index (χ1) is 9.54. The third-order valence-electron chi connectivity index (χ3n) is 3.43. The van der Waals surface area contributed by atoms with Gasteiger partial charge in [-0.25, -0.2) is 4.79 Å². The van der Waals surface area contributed by atoms with Crippen LogP contribution in [-0.2, 0) is 9.53 Å². The van der Waals surface area contributed by atoms with E-state index in [9.17, 15) is 9.59 Å². The van der Waals surface area contributed by atoms with Crippen molar-refractivity contribution in [2.24, 2.45) is 0 Å². The molecule has 0 aromatic heterocycles. The van der Waals surface area contributed by atoms with E-state index in [1.165, 1.54) is 0 Å². The van der Waals surface area contributed by atoms with Crippen LogP contribution in [0.5, 0.6) is 0 Å². The standard InChI is InChI=1S/C15H18ClNO3/c1-3-20-15(19)13-5-4-8-17(13)14(18)11-7-6-10(2)9-12(11)16/h6-7,9,13H,3-5,8H2,1-2H3. The highest BCUT2D eigenvalue weighted by molar-refractivity contribution is 6.34. The molecule has 0 bridgehead atoms. The molecular formula is C15H18ClNO3. The van der Waals surface area contributed by atoms with Gasteiger partial charge in [0.15, 0.2) is 0 Å². The Morgan fingerprint density at radius 2 is 2.20 bits per heavy atom. The highest BCUT2D eigenvalue weighted by Gasteiger charge is 2.36. The molecular weight excluding hydrogens is 278 g/mol. The Morgan fingerprint density at radius 3 is 2.85 bits per heavy atom. The van der Waals surface area contributed by atoms with Crippen molar-refractivity contribution in [3.63, 3.8) is 0 Å². The lowest BCUT2D eigenvalue weighted by atomic mass is 10.1. The molecule has 1 aliphatic rings. The summed E-state index contributed by atoms with van der Waals surface area (Å²) in [6, 6.07) is 4.82. The minimum absolute atomic E-state index is 0.203. The molecule has 20 heavy (non-hydrogen) atoms. The number of nitrogens with zero attached hydrogens (tertiary/aromatic N) is 1. The van der Waals surface area contributed by atoms with Crippen LogP contribution < -0.4 is 0 Å². The highest BCUT2D eigenvalue weighted by Crippen LogP contribution is 2.25. The van der Waals surface area contributed by atoms with Crippen LogP contribution in [0.4, 0.5) is 0 Å². The quantitative estimate of drug-likeness (QED) is 0.806. The number of likely N-dealkylation sites (tertiary alicyclic amines) is 1. The van der Waals surface area contributed by atoms with E-state index in [4.69, 9.17) is 16.3 Å². The van der Waals surface area contributed by atoms with Crippen LogP contribution in [0.1, 0.15) is 35.7 Å². The summed E-state index contributed by atoms with van der Waals surface area (Å²) in [4.78, 5) is 26.0. The van der Waals surface area contributed by atoms with Gasteiger partial charge in [0.2, 0.25) is 0 Å². The molecule has 1 aromatic rings. The Bertz CT molecular complexity index is 530. The molecule has 1 amide bonds. The van der Waals surface area contributed by atoms with Crippen LogP contribution in [0.15, 0.2) is 18.2 Å². The summed E-state index contributed by atoms with van der Waals surface area (Å²) in [6.45, 7) is 4.56. The van der Waals surface area contributed by atoms with Gasteiger partial charge in [-0.1, -0.05) is 17.7 Å². The molecule has 0 saturated carbocycles. The number of carbonyl (C=O) groups is 2. The molecule has 108 valence electrons. The Balaban J connectivity index is 2.21. The Hall–Kier alpha value is -1.55. The van der Waals surface area contributed by atoms with Crippen molar-refractivity contribution in [3.05, 3.63) is 34.3 Å². The second-order valence-corrected chi connectivity index (χ2v) is 5.30. The van der Waals surface area contributed by atoms with E-state index in [0.29, 0.717) is 30.2 Å². The normalized spacial score (nSPS) is 18.1. The molecule has 1 heterocycles. The SMILES string of the molecule is CCOC(=O)C1CCCN1C(=O)c1ccc(C)cc1Cl. The van der Waals surface area contributed by atoms with Crippen LogP contribution in [0.25, 0.3) is 0 Å². The maximum Gasteiger partial charge on any atom is 0.328 e. The predicted octanol–water partition coefficient (Wildman–Crippen LogP) is 2.82. The fraction of sp³-hybridized carbons (Fsp3) is 0.467. The second kappa shape index (κ2) is 6.27. The molecule has 2 rings (SSSR count). The van der Waals surface area contributed by atoms with Gasteiger partial charge in [0, 0.05) is 6.54 Å². The fourth-order valence-corrected chi connectivity index (χ4v) is 2.76. The molecule has 4 nitrogen and oxygen atoms in total. The Labute approximate surface area is 123 Å². The number of benzene rings is 1. The highest BCUT2D eigenvalue weighted by atomic mass is 35.5. The minimum atomic E-state index is -0.486. The van der Waals surface area contributed by atoms with E-state index in [1.807, 2.05) is 13.0 Å². The lowest BCUT2D eigenvalue weighted by Crippen LogP contribution is -2.41. The fourth-order valence-electron chi connectivity index (χ4n) is 2.44. The largest absolute Gasteiger partial charge is 0.464 e. The van der Waals surface area contributed by atoms with E-state index >= 15 is 0 Å². The van der Waals surface area contributed by atoms with Crippen LogP contribution >= 0.6 is 11.6 Å². The number of hydrogen-bond donors (Lipinski definition) is 0. The average Bonchev–Trinajstić information content (AvgIpc) is 2.87. The molecule has 0 aliphatic carbocycles. The maximum absolute atomic E-state index is 12.5. The molecule has 5 heteroatoms. The van der Waals surface area contributed by atoms with Crippen molar-refractivity contribution < 1.29 is 14.3 Å². The number of aryl methyl sites for hydroxylation is 1. The van der Waals surface area contributed by atoms with Gasteiger partial charge < -0.3 is 9.64 Å². The molecule has 0 N–H and O–H groups in total. The number of amides is 1. The van der Waals surface area contributed by atoms with Gasteiger partial charge >= 0.3 is 5.97 Å². The number of hydrogen-bond acceptors (Lipinski definition) is 3. The van der Waals surface area contributed by atoms with Crippen molar-refractivity contribution in [2.75, 3.05) is 13.2 Å². The minimum Gasteiger partial charge on any atom is -0.464 e. The van der Waals surface area contributed by atoms with Gasteiger partial charge in [0.05, 0.1) is 17.2 Å². The summed E-state index contributed by atoms with van der Waals surface area (Å²) in [5.74, 6) is -0.535. The predicted molar refractivity (Wildman–Crippen MR) is 76.9 cm³/mol. The molecule has 0 spiro atoms.